The summed E-state index contributed by atoms with van der Waals surface area (Å²) in [4.78, 5) is 0. The van der Waals surface area contributed by atoms with Crippen LogP contribution in [0.2, 0.25) is 0 Å². The summed E-state index contributed by atoms with van der Waals surface area (Å²) < 4.78 is 0. The normalized spacial score (nSPS) is 23.2. The Balaban J connectivity index is 2.18. The van der Waals surface area contributed by atoms with Gasteiger partial charge in [-0.05, 0) is 41.1 Å². The maximum atomic E-state index is 8.71. The van der Waals surface area contributed by atoms with Gasteiger partial charge in [0.1, 0.15) is 0 Å². The smallest absolute Gasteiger partial charge is 0.0363 e. The first kappa shape index (κ1) is 7.28. The molecule has 0 radical (unpaired) electrons. The highest BCUT2D eigenvalue weighted by Gasteiger charge is 2.17. The second-order valence-electron chi connectivity index (χ2n) is 2.99. The van der Waals surface area contributed by atoms with Crippen LogP contribution in [0.1, 0.15) is 17.5 Å². The standard InChI is InChI=1S/C8H11NOS/c10-9-8-2-1-6-4-11-5-7(6)3-8/h4-5,8-10H,1-3H2. The molecule has 1 aromatic heterocycles. The Morgan fingerprint density at radius 2 is 2.27 bits per heavy atom. The van der Waals surface area contributed by atoms with Crippen LogP contribution in [-0.2, 0) is 12.8 Å². The molecule has 3 heteroatoms. The number of fused-ring (bicyclic) bond motifs is 1. The Bertz CT molecular complexity index is 246. The van der Waals surface area contributed by atoms with Crippen molar-refractivity contribution in [1.82, 2.24) is 5.48 Å². The highest BCUT2D eigenvalue weighted by molar-refractivity contribution is 7.08. The third-order valence-electron chi connectivity index (χ3n) is 2.24. The van der Waals surface area contributed by atoms with Crippen LogP contribution < -0.4 is 5.48 Å². The van der Waals surface area contributed by atoms with Gasteiger partial charge >= 0.3 is 0 Å². The SMILES string of the molecule is ONC1CCc2cscc2C1. The Morgan fingerprint density at radius 1 is 1.45 bits per heavy atom. The van der Waals surface area contributed by atoms with E-state index in [1.807, 2.05) is 0 Å². The second kappa shape index (κ2) is 2.93. The van der Waals surface area contributed by atoms with Gasteiger partial charge < -0.3 is 5.21 Å². The van der Waals surface area contributed by atoms with Crippen molar-refractivity contribution in [1.29, 1.82) is 0 Å². The molecular formula is C8H11NOS. The van der Waals surface area contributed by atoms with Gasteiger partial charge in [0.2, 0.25) is 0 Å². The van der Waals surface area contributed by atoms with E-state index in [-0.39, 0.29) is 6.04 Å². The first-order chi connectivity index (χ1) is 5.40. The molecule has 2 N–H and O–H groups in total. The van der Waals surface area contributed by atoms with Crippen LogP contribution in [0.15, 0.2) is 10.8 Å². The molecular weight excluding hydrogens is 158 g/mol. The number of aryl methyl sites for hydroxylation is 1. The van der Waals surface area contributed by atoms with Crippen molar-refractivity contribution < 1.29 is 5.21 Å². The maximum absolute atomic E-state index is 8.71. The average molecular weight is 169 g/mol. The molecule has 2 rings (SSSR count). The van der Waals surface area contributed by atoms with Crippen LogP contribution in [0.3, 0.4) is 0 Å². The minimum absolute atomic E-state index is 0.275. The van der Waals surface area contributed by atoms with Crippen LogP contribution in [0.4, 0.5) is 0 Å². The van der Waals surface area contributed by atoms with Crippen LogP contribution in [0.5, 0.6) is 0 Å². The van der Waals surface area contributed by atoms with Gasteiger partial charge in [0.25, 0.3) is 0 Å². The minimum Gasteiger partial charge on any atom is -0.317 e. The molecule has 0 aromatic carbocycles. The summed E-state index contributed by atoms with van der Waals surface area (Å²) >= 11 is 1.76. The van der Waals surface area contributed by atoms with Crippen molar-refractivity contribution in [3.8, 4) is 0 Å². The number of thiophene rings is 1. The van der Waals surface area contributed by atoms with Gasteiger partial charge in [-0.15, -0.1) is 0 Å². The summed E-state index contributed by atoms with van der Waals surface area (Å²) in [5, 5.41) is 13.1. The molecule has 0 aliphatic heterocycles. The zero-order valence-corrected chi connectivity index (χ0v) is 7.03. The molecule has 0 amide bonds. The van der Waals surface area contributed by atoms with E-state index in [2.05, 4.69) is 16.2 Å². The van der Waals surface area contributed by atoms with Crippen molar-refractivity contribution >= 4 is 11.3 Å². The predicted octanol–water partition coefficient (Wildman–Crippen LogP) is 1.58. The molecule has 0 bridgehead atoms. The van der Waals surface area contributed by atoms with Gasteiger partial charge in [-0.2, -0.15) is 11.3 Å². The summed E-state index contributed by atoms with van der Waals surface area (Å²) in [7, 11) is 0. The molecule has 1 atom stereocenters. The number of nitrogens with one attached hydrogen (secondary N) is 1. The lowest BCUT2D eigenvalue weighted by atomic mass is 9.92. The third kappa shape index (κ3) is 1.31. The molecule has 0 spiro atoms. The Labute approximate surface area is 69.8 Å². The highest BCUT2D eigenvalue weighted by atomic mass is 32.1. The first-order valence-electron chi connectivity index (χ1n) is 3.83. The van der Waals surface area contributed by atoms with Gasteiger partial charge in [0, 0.05) is 6.04 Å². The Kier molecular flexibility index (Phi) is 1.94. The summed E-state index contributed by atoms with van der Waals surface area (Å²) in [6.07, 6.45) is 3.15. The van der Waals surface area contributed by atoms with Crippen molar-refractivity contribution in [2.45, 2.75) is 25.3 Å². The van der Waals surface area contributed by atoms with Gasteiger partial charge in [-0.1, -0.05) is 0 Å². The summed E-state index contributed by atoms with van der Waals surface area (Å²) in [6, 6.07) is 0.275. The Hall–Kier alpha value is -0.380. The van der Waals surface area contributed by atoms with E-state index in [9.17, 15) is 0 Å². The quantitative estimate of drug-likeness (QED) is 0.626. The molecule has 1 aliphatic rings. The van der Waals surface area contributed by atoms with Gasteiger partial charge in [-0.25, -0.2) is 5.48 Å². The Morgan fingerprint density at radius 3 is 3.09 bits per heavy atom. The number of hydroxylamine groups is 1. The third-order valence-corrected chi connectivity index (χ3v) is 3.09. The van der Waals surface area contributed by atoms with Crippen LogP contribution in [-0.4, -0.2) is 11.2 Å². The summed E-state index contributed by atoms with van der Waals surface area (Å²) in [5.74, 6) is 0. The molecule has 1 unspecified atom stereocenters. The second-order valence-corrected chi connectivity index (χ2v) is 3.73. The molecule has 11 heavy (non-hydrogen) atoms. The monoisotopic (exact) mass is 169 g/mol. The van der Waals surface area contributed by atoms with Crippen molar-refractivity contribution in [2.24, 2.45) is 0 Å². The maximum Gasteiger partial charge on any atom is 0.0363 e. The van der Waals surface area contributed by atoms with Crippen LogP contribution in [0, 0.1) is 0 Å². The average Bonchev–Trinajstić information content (AvgIpc) is 2.50. The van der Waals surface area contributed by atoms with Crippen molar-refractivity contribution in [3.63, 3.8) is 0 Å². The molecule has 0 fully saturated rings. The van der Waals surface area contributed by atoms with E-state index >= 15 is 0 Å². The topological polar surface area (TPSA) is 32.3 Å². The largest absolute Gasteiger partial charge is 0.317 e. The van der Waals surface area contributed by atoms with E-state index in [0.29, 0.717) is 0 Å². The lowest BCUT2D eigenvalue weighted by Crippen LogP contribution is -2.31. The molecule has 0 saturated heterocycles. The fraction of sp³-hybridized carbons (Fsp3) is 0.500. The molecule has 2 nitrogen and oxygen atoms in total. The fourth-order valence-electron chi connectivity index (χ4n) is 1.56. The molecule has 1 aromatic rings. The van der Waals surface area contributed by atoms with Gasteiger partial charge in [0.15, 0.2) is 0 Å². The fourth-order valence-corrected chi connectivity index (χ4v) is 2.47. The van der Waals surface area contributed by atoms with E-state index < -0.39 is 0 Å². The zero-order chi connectivity index (χ0) is 7.68. The number of rotatable bonds is 1. The number of hydrogen-bond donors (Lipinski definition) is 2. The first-order valence-corrected chi connectivity index (χ1v) is 4.78. The van der Waals surface area contributed by atoms with E-state index in [0.717, 1.165) is 19.3 Å². The molecule has 1 heterocycles. The van der Waals surface area contributed by atoms with Gasteiger partial charge in [-0.3, -0.25) is 0 Å². The van der Waals surface area contributed by atoms with Gasteiger partial charge in [0.05, 0.1) is 0 Å². The van der Waals surface area contributed by atoms with Crippen LogP contribution in [0.25, 0.3) is 0 Å². The zero-order valence-electron chi connectivity index (χ0n) is 6.21. The lowest BCUT2D eigenvalue weighted by molar-refractivity contribution is 0.119. The predicted molar refractivity (Wildman–Crippen MR) is 45.1 cm³/mol. The van der Waals surface area contributed by atoms with E-state index in [1.54, 1.807) is 11.3 Å². The molecule has 1 aliphatic carbocycles. The molecule has 60 valence electrons. The molecule has 0 saturated carbocycles. The summed E-state index contributed by atoms with van der Waals surface area (Å²) in [6.45, 7) is 0. The highest BCUT2D eigenvalue weighted by Crippen LogP contribution is 2.24. The minimum atomic E-state index is 0.275. The number of hydrogen-bond acceptors (Lipinski definition) is 3. The van der Waals surface area contributed by atoms with Crippen molar-refractivity contribution in [2.75, 3.05) is 0 Å². The van der Waals surface area contributed by atoms with Crippen molar-refractivity contribution in [3.05, 3.63) is 21.9 Å². The van der Waals surface area contributed by atoms with E-state index in [4.69, 9.17) is 5.21 Å². The van der Waals surface area contributed by atoms with Crippen LogP contribution >= 0.6 is 11.3 Å². The lowest BCUT2D eigenvalue weighted by Gasteiger charge is -2.20. The van der Waals surface area contributed by atoms with E-state index in [1.165, 1.54) is 11.1 Å². The summed E-state index contributed by atoms with van der Waals surface area (Å²) in [5.41, 5.74) is 5.22.